The first-order valence-corrected chi connectivity index (χ1v) is 11.7. The summed E-state index contributed by atoms with van der Waals surface area (Å²) in [5.41, 5.74) is 7.71. The molecule has 1 atom stereocenters. The van der Waals surface area contributed by atoms with E-state index >= 15 is 0 Å². The van der Waals surface area contributed by atoms with Crippen LogP contribution in [-0.4, -0.2) is 45.4 Å². The SMILES string of the molecule is CS(=O)(=O)Oc1cccc(-c2ccc(CC(C#N)NC(=O)C3(N)CCOCC3)cc2)c1. The van der Waals surface area contributed by atoms with Crippen molar-refractivity contribution in [2.45, 2.75) is 30.8 Å². The van der Waals surface area contributed by atoms with Crippen LogP contribution < -0.4 is 15.2 Å². The summed E-state index contributed by atoms with van der Waals surface area (Å²) in [6.45, 7) is 0.859. The zero-order valence-electron chi connectivity index (χ0n) is 17.2. The standard InChI is InChI=1S/C22H25N3O5S/c1-31(27,28)30-20-4-2-3-18(14-20)17-7-5-16(6-8-17)13-19(15-23)25-21(26)22(24)9-11-29-12-10-22/h2-8,14,19H,9-13,24H2,1H3,(H,25,26). The average Bonchev–Trinajstić information content (AvgIpc) is 2.73. The highest BCUT2D eigenvalue weighted by atomic mass is 32.2. The Labute approximate surface area is 182 Å². The molecule has 8 nitrogen and oxygen atoms in total. The maximum absolute atomic E-state index is 12.6. The van der Waals surface area contributed by atoms with Gasteiger partial charge in [-0.2, -0.15) is 13.7 Å². The molecule has 0 saturated carbocycles. The number of ether oxygens (including phenoxy) is 1. The number of hydrogen-bond donors (Lipinski definition) is 2. The normalized spacial score (nSPS) is 16.7. The zero-order valence-corrected chi connectivity index (χ0v) is 18.0. The summed E-state index contributed by atoms with van der Waals surface area (Å²) in [5, 5.41) is 12.2. The number of amides is 1. The number of nitriles is 1. The minimum Gasteiger partial charge on any atom is -0.383 e. The van der Waals surface area contributed by atoms with Crippen LogP contribution in [0.3, 0.4) is 0 Å². The Hall–Kier alpha value is -2.93. The van der Waals surface area contributed by atoms with Gasteiger partial charge in [-0.15, -0.1) is 0 Å². The molecule has 1 amide bonds. The third kappa shape index (κ3) is 6.28. The van der Waals surface area contributed by atoms with Gasteiger partial charge >= 0.3 is 10.1 Å². The molecule has 31 heavy (non-hydrogen) atoms. The van der Waals surface area contributed by atoms with Gasteiger partial charge in [-0.1, -0.05) is 36.4 Å². The number of nitrogens with one attached hydrogen (secondary N) is 1. The van der Waals surface area contributed by atoms with E-state index in [0.717, 1.165) is 22.9 Å². The molecule has 2 aromatic rings. The molecule has 1 aliphatic rings. The van der Waals surface area contributed by atoms with Crippen molar-refractivity contribution in [2.75, 3.05) is 19.5 Å². The predicted octanol–water partition coefficient (Wildman–Crippen LogP) is 1.75. The Bertz CT molecular complexity index is 1070. The van der Waals surface area contributed by atoms with E-state index in [1.807, 2.05) is 30.3 Å². The van der Waals surface area contributed by atoms with Crippen molar-refractivity contribution in [2.24, 2.45) is 5.73 Å². The van der Waals surface area contributed by atoms with Crippen LogP contribution >= 0.6 is 0 Å². The molecule has 9 heteroatoms. The third-order valence-electron chi connectivity index (χ3n) is 5.11. The van der Waals surface area contributed by atoms with E-state index < -0.39 is 21.7 Å². The highest BCUT2D eigenvalue weighted by Gasteiger charge is 2.36. The van der Waals surface area contributed by atoms with E-state index in [0.29, 0.717) is 32.5 Å². The summed E-state index contributed by atoms with van der Waals surface area (Å²) in [7, 11) is -3.60. The number of nitrogens with zero attached hydrogens (tertiary/aromatic N) is 1. The largest absolute Gasteiger partial charge is 0.383 e. The molecule has 1 saturated heterocycles. The second-order valence-electron chi connectivity index (χ2n) is 7.64. The van der Waals surface area contributed by atoms with E-state index in [4.69, 9.17) is 14.7 Å². The third-order valence-corrected chi connectivity index (χ3v) is 5.60. The summed E-state index contributed by atoms with van der Waals surface area (Å²) in [5.74, 6) is -0.0955. The average molecular weight is 444 g/mol. The Morgan fingerprint density at radius 2 is 1.90 bits per heavy atom. The highest BCUT2D eigenvalue weighted by molar-refractivity contribution is 7.86. The van der Waals surface area contributed by atoms with Crippen LogP contribution in [0.5, 0.6) is 5.75 Å². The molecule has 0 aliphatic carbocycles. The number of carbonyl (C=O) groups is 1. The molecule has 0 radical (unpaired) electrons. The Morgan fingerprint density at radius 1 is 1.23 bits per heavy atom. The molecular weight excluding hydrogens is 418 g/mol. The fourth-order valence-electron chi connectivity index (χ4n) is 3.36. The van der Waals surface area contributed by atoms with Gasteiger partial charge in [0.1, 0.15) is 11.8 Å². The maximum atomic E-state index is 12.6. The number of hydrogen-bond acceptors (Lipinski definition) is 7. The summed E-state index contributed by atoms with van der Waals surface area (Å²) >= 11 is 0. The highest BCUT2D eigenvalue weighted by Crippen LogP contribution is 2.25. The van der Waals surface area contributed by atoms with Crippen LogP contribution in [0, 0.1) is 11.3 Å². The van der Waals surface area contributed by atoms with Crippen LogP contribution in [0.1, 0.15) is 18.4 Å². The molecule has 0 bridgehead atoms. The molecule has 1 aliphatic heterocycles. The summed E-state index contributed by atoms with van der Waals surface area (Å²) < 4.78 is 32.8. The van der Waals surface area contributed by atoms with Crippen molar-refractivity contribution < 1.29 is 22.1 Å². The van der Waals surface area contributed by atoms with Crippen molar-refractivity contribution in [1.82, 2.24) is 5.32 Å². The summed E-state index contributed by atoms with van der Waals surface area (Å²) in [6, 6.07) is 15.7. The molecule has 1 fully saturated rings. The van der Waals surface area contributed by atoms with Crippen molar-refractivity contribution in [3.63, 3.8) is 0 Å². The Balaban J connectivity index is 1.66. The number of nitrogens with two attached hydrogens (primary N) is 1. The Kier molecular flexibility index (Phi) is 6.95. The first-order valence-electron chi connectivity index (χ1n) is 9.85. The molecule has 164 valence electrons. The summed E-state index contributed by atoms with van der Waals surface area (Å²) in [4.78, 5) is 12.6. The fourth-order valence-corrected chi connectivity index (χ4v) is 3.82. The van der Waals surface area contributed by atoms with Gasteiger partial charge in [-0.05, 0) is 41.7 Å². The minimum absolute atomic E-state index is 0.236. The quantitative estimate of drug-likeness (QED) is 0.623. The second kappa shape index (κ2) is 9.47. The molecule has 2 aromatic carbocycles. The first kappa shape index (κ1) is 22.7. The number of carbonyl (C=O) groups excluding carboxylic acids is 1. The topological polar surface area (TPSA) is 132 Å². The van der Waals surface area contributed by atoms with E-state index in [9.17, 15) is 18.5 Å². The zero-order chi connectivity index (χ0) is 22.5. The molecule has 0 spiro atoms. The molecule has 1 unspecified atom stereocenters. The van der Waals surface area contributed by atoms with Crippen molar-refractivity contribution in [3.05, 3.63) is 54.1 Å². The summed E-state index contributed by atoms with van der Waals surface area (Å²) in [6.07, 6.45) is 2.18. The van der Waals surface area contributed by atoms with Crippen LogP contribution in [0.4, 0.5) is 0 Å². The van der Waals surface area contributed by atoms with Crippen molar-refractivity contribution in [1.29, 1.82) is 5.26 Å². The lowest BCUT2D eigenvalue weighted by molar-refractivity contribution is -0.130. The van der Waals surface area contributed by atoms with Crippen LogP contribution in [-0.2, 0) is 26.1 Å². The van der Waals surface area contributed by atoms with Gasteiger partial charge in [0.25, 0.3) is 0 Å². The first-order chi connectivity index (χ1) is 14.7. The number of benzene rings is 2. The molecule has 1 heterocycles. The molecular formula is C22H25N3O5S. The fraction of sp³-hybridized carbons (Fsp3) is 0.364. The lowest BCUT2D eigenvalue weighted by Crippen LogP contribution is -2.58. The molecule has 3 rings (SSSR count). The second-order valence-corrected chi connectivity index (χ2v) is 9.21. The van der Waals surface area contributed by atoms with E-state index in [-0.39, 0.29) is 11.7 Å². The minimum atomic E-state index is -3.60. The molecule has 3 N–H and O–H groups in total. The molecule has 0 aromatic heterocycles. The maximum Gasteiger partial charge on any atom is 0.306 e. The lowest BCUT2D eigenvalue weighted by atomic mass is 9.90. The lowest BCUT2D eigenvalue weighted by Gasteiger charge is -2.32. The monoisotopic (exact) mass is 443 g/mol. The van der Waals surface area contributed by atoms with Crippen LogP contribution in [0.15, 0.2) is 48.5 Å². The van der Waals surface area contributed by atoms with Gasteiger partial charge < -0.3 is 20.0 Å². The smallest absolute Gasteiger partial charge is 0.306 e. The van der Waals surface area contributed by atoms with Gasteiger partial charge in [-0.3, -0.25) is 4.79 Å². The van der Waals surface area contributed by atoms with E-state index in [2.05, 4.69) is 11.4 Å². The van der Waals surface area contributed by atoms with Gasteiger partial charge in [-0.25, -0.2) is 0 Å². The van der Waals surface area contributed by atoms with E-state index in [1.165, 1.54) is 0 Å². The van der Waals surface area contributed by atoms with Crippen molar-refractivity contribution >= 4 is 16.0 Å². The van der Waals surface area contributed by atoms with Gasteiger partial charge in [0.05, 0.1) is 17.9 Å². The van der Waals surface area contributed by atoms with Crippen LogP contribution in [0.2, 0.25) is 0 Å². The van der Waals surface area contributed by atoms with Gasteiger partial charge in [0.15, 0.2) is 0 Å². The van der Waals surface area contributed by atoms with Gasteiger partial charge in [0, 0.05) is 19.6 Å². The Morgan fingerprint density at radius 3 is 2.52 bits per heavy atom. The van der Waals surface area contributed by atoms with Crippen molar-refractivity contribution in [3.8, 4) is 22.9 Å². The van der Waals surface area contributed by atoms with Gasteiger partial charge in [0.2, 0.25) is 5.91 Å². The van der Waals surface area contributed by atoms with Crippen LogP contribution in [0.25, 0.3) is 11.1 Å². The van der Waals surface area contributed by atoms with E-state index in [1.54, 1.807) is 18.2 Å². The predicted molar refractivity (Wildman–Crippen MR) is 116 cm³/mol. The number of rotatable bonds is 7.